The Hall–Kier alpha value is -0.370. The summed E-state index contributed by atoms with van der Waals surface area (Å²) in [4.78, 5) is 0. The first-order valence-electron chi connectivity index (χ1n) is 6.75. The van der Waals surface area contributed by atoms with Gasteiger partial charge >= 0.3 is 0 Å². The minimum atomic E-state index is 0.0796. The van der Waals surface area contributed by atoms with Gasteiger partial charge in [0.2, 0.25) is 0 Å². The zero-order valence-corrected chi connectivity index (χ0v) is 10.3. The fraction of sp³-hybridized carbons (Fsp3) is 0.857. The molecule has 0 aromatic rings. The SMILES string of the molecule is CCCC1CCC(C2CC=C(F)CC2)OC1. The Labute approximate surface area is 98.1 Å². The van der Waals surface area contributed by atoms with E-state index in [9.17, 15) is 4.39 Å². The summed E-state index contributed by atoms with van der Waals surface area (Å²) in [5.41, 5.74) is 0. The van der Waals surface area contributed by atoms with Crippen LogP contribution in [-0.2, 0) is 4.74 Å². The van der Waals surface area contributed by atoms with Crippen molar-refractivity contribution in [2.24, 2.45) is 11.8 Å². The van der Waals surface area contributed by atoms with Crippen LogP contribution in [0.15, 0.2) is 11.9 Å². The molecule has 0 aromatic carbocycles. The zero-order chi connectivity index (χ0) is 11.4. The Morgan fingerprint density at radius 1 is 1.38 bits per heavy atom. The summed E-state index contributed by atoms with van der Waals surface area (Å²) >= 11 is 0. The van der Waals surface area contributed by atoms with Gasteiger partial charge in [-0.1, -0.05) is 19.4 Å². The van der Waals surface area contributed by atoms with Gasteiger partial charge in [0.1, 0.15) is 0 Å². The van der Waals surface area contributed by atoms with Crippen LogP contribution in [-0.4, -0.2) is 12.7 Å². The van der Waals surface area contributed by atoms with E-state index in [2.05, 4.69) is 6.92 Å². The van der Waals surface area contributed by atoms with Crippen LogP contribution < -0.4 is 0 Å². The van der Waals surface area contributed by atoms with Crippen LogP contribution in [0.1, 0.15) is 51.9 Å². The number of allylic oxidation sites excluding steroid dienone is 2. The average Bonchev–Trinajstić information content (AvgIpc) is 2.32. The fourth-order valence-corrected chi connectivity index (χ4v) is 2.99. The van der Waals surface area contributed by atoms with Crippen molar-refractivity contribution in [3.05, 3.63) is 11.9 Å². The smallest absolute Gasteiger partial charge is 0.0960 e. The lowest BCUT2D eigenvalue weighted by Gasteiger charge is -2.35. The van der Waals surface area contributed by atoms with Crippen LogP contribution in [0.25, 0.3) is 0 Å². The minimum Gasteiger partial charge on any atom is -0.378 e. The molecule has 1 aliphatic carbocycles. The van der Waals surface area contributed by atoms with Crippen LogP contribution in [0.4, 0.5) is 4.39 Å². The Bertz CT molecular complexity index is 241. The first-order valence-corrected chi connectivity index (χ1v) is 6.75. The van der Waals surface area contributed by atoms with Gasteiger partial charge in [-0.25, -0.2) is 4.39 Å². The van der Waals surface area contributed by atoms with Crippen molar-refractivity contribution in [2.45, 2.75) is 58.0 Å². The maximum atomic E-state index is 12.9. The molecule has 1 nitrogen and oxygen atoms in total. The molecule has 0 N–H and O–H groups in total. The molecule has 3 unspecified atom stereocenters. The maximum Gasteiger partial charge on any atom is 0.0960 e. The number of halogens is 1. The van der Waals surface area contributed by atoms with E-state index in [1.54, 1.807) is 6.08 Å². The summed E-state index contributed by atoms with van der Waals surface area (Å²) in [5, 5.41) is 0. The Morgan fingerprint density at radius 3 is 2.81 bits per heavy atom. The van der Waals surface area contributed by atoms with Gasteiger partial charge in [-0.15, -0.1) is 0 Å². The monoisotopic (exact) mass is 226 g/mol. The fourth-order valence-electron chi connectivity index (χ4n) is 2.99. The summed E-state index contributed by atoms with van der Waals surface area (Å²) in [5.74, 6) is 1.43. The van der Waals surface area contributed by atoms with Crippen molar-refractivity contribution in [1.29, 1.82) is 0 Å². The molecule has 0 saturated carbocycles. The molecule has 1 heterocycles. The number of hydrogen-bond donors (Lipinski definition) is 0. The highest BCUT2D eigenvalue weighted by Crippen LogP contribution is 2.34. The highest BCUT2D eigenvalue weighted by atomic mass is 19.1. The van der Waals surface area contributed by atoms with Crippen molar-refractivity contribution in [3.8, 4) is 0 Å². The van der Waals surface area contributed by atoms with Gasteiger partial charge in [-0.05, 0) is 50.4 Å². The van der Waals surface area contributed by atoms with E-state index in [1.807, 2.05) is 0 Å². The maximum absolute atomic E-state index is 12.9. The molecule has 1 aliphatic heterocycles. The first-order chi connectivity index (χ1) is 7.79. The van der Waals surface area contributed by atoms with E-state index >= 15 is 0 Å². The lowest BCUT2D eigenvalue weighted by molar-refractivity contribution is -0.0514. The third-order valence-electron chi connectivity index (χ3n) is 4.02. The minimum absolute atomic E-state index is 0.0796. The molecule has 0 spiro atoms. The highest BCUT2D eigenvalue weighted by Gasteiger charge is 2.29. The Morgan fingerprint density at radius 2 is 2.25 bits per heavy atom. The summed E-state index contributed by atoms with van der Waals surface area (Å²) < 4.78 is 18.9. The number of ether oxygens (including phenoxy) is 1. The van der Waals surface area contributed by atoms with E-state index in [1.165, 1.54) is 25.7 Å². The molecule has 2 heteroatoms. The molecule has 1 saturated heterocycles. The van der Waals surface area contributed by atoms with Crippen molar-refractivity contribution in [2.75, 3.05) is 6.61 Å². The lowest BCUT2D eigenvalue weighted by atomic mass is 9.83. The topological polar surface area (TPSA) is 9.23 Å². The van der Waals surface area contributed by atoms with Crippen molar-refractivity contribution < 1.29 is 9.13 Å². The van der Waals surface area contributed by atoms with Gasteiger partial charge in [0.25, 0.3) is 0 Å². The van der Waals surface area contributed by atoms with Crippen LogP contribution in [0.5, 0.6) is 0 Å². The molecule has 0 amide bonds. The third kappa shape index (κ3) is 3.07. The van der Waals surface area contributed by atoms with Gasteiger partial charge in [-0.2, -0.15) is 0 Å². The largest absolute Gasteiger partial charge is 0.378 e. The standard InChI is InChI=1S/C14H23FO/c1-2-3-11-4-9-14(16-10-11)12-5-7-13(15)8-6-12/h7,11-12,14H,2-6,8-10H2,1H3. The average molecular weight is 226 g/mol. The number of hydrogen-bond acceptors (Lipinski definition) is 1. The second-order valence-corrected chi connectivity index (χ2v) is 5.29. The van der Waals surface area contributed by atoms with Crippen molar-refractivity contribution in [1.82, 2.24) is 0 Å². The molecule has 16 heavy (non-hydrogen) atoms. The van der Waals surface area contributed by atoms with Crippen LogP contribution in [0.2, 0.25) is 0 Å². The van der Waals surface area contributed by atoms with Gasteiger partial charge in [0.05, 0.1) is 11.9 Å². The first kappa shape index (κ1) is 12.1. The Balaban J connectivity index is 1.76. The van der Waals surface area contributed by atoms with Crippen LogP contribution >= 0.6 is 0 Å². The quantitative estimate of drug-likeness (QED) is 0.699. The molecular weight excluding hydrogens is 203 g/mol. The van der Waals surface area contributed by atoms with E-state index < -0.39 is 0 Å². The van der Waals surface area contributed by atoms with Gasteiger partial charge in [-0.3, -0.25) is 0 Å². The molecule has 92 valence electrons. The Kier molecular flexibility index (Phi) is 4.39. The van der Waals surface area contributed by atoms with E-state index in [0.717, 1.165) is 25.4 Å². The predicted octanol–water partition coefficient (Wildman–Crippen LogP) is 4.24. The van der Waals surface area contributed by atoms with Crippen molar-refractivity contribution in [3.63, 3.8) is 0 Å². The van der Waals surface area contributed by atoms with Crippen LogP contribution in [0, 0.1) is 11.8 Å². The summed E-state index contributed by atoms with van der Waals surface area (Å²) in [7, 11) is 0. The zero-order valence-electron chi connectivity index (χ0n) is 10.3. The normalized spacial score (nSPS) is 35.9. The molecule has 0 bridgehead atoms. The lowest BCUT2D eigenvalue weighted by Crippen LogP contribution is -2.32. The van der Waals surface area contributed by atoms with E-state index in [0.29, 0.717) is 18.4 Å². The summed E-state index contributed by atoms with van der Waals surface area (Å²) in [6, 6.07) is 0. The molecule has 2 rings (SSSR count). The molecule has 0 aromatic heterocycles. The number of rotatable bonds is 3. The molecule has 3 atom stereocenters. The van der Waals surface area contributed by atoms with Gasteiger partial charge in [0, 0.05) is 6.61 Å². The molecule has 2 aliphatic rings. The summed E-state index contributed by atoms with van der Waals surface area (Å²) in [6.07, 6.45) is 9.70. The summed E-state index contributed by atoms with van der Waals surface area (Å²) in [6.45, 7) is 3.17. The van der Waals surface area contributed by atoms with Gasteiger partial charge in [0.15, 0.2) is 0 Å². The van der Waals surface area contributed by atoms with E-state index in [-0.39, 0.29) is 5.83 Å². The van der Waals surface area contributed by atoms with Crippen molar-refractivity contribution >= 4 is 0 Å². The molecular formula is C14H23FO. The third-order valence-corrected chi connectivity index (χ3v) is 4.02. The second-order valence-electron chi connectivity index (χ2n) is 5.29. The van der Waals surface area contributed by atoms with Gasteiger partial charge < -0.3 is 4.74 Å². The molecule has 0 radical (unpaired) electrons. The predicted molar refractivity (Wildman–Crippen MR) is 63.9 cm³/mol. The second kappa shape index (κ2) is 5.81. The van der Waals surface area contributed by atoms with Crippen LogP contribution in [0.3, 0.4) is 0 Å². The molecule has 1 fully saturated rings. The highest BCUT2D eigenvalue weighted by molar-refractivity contribution is 4.99. The van der Waals surface area contributed by atoms with E-state index in [4.69, 9.17) is 4.74 Å².